The molecule has 1 aromatic rings. The van der Waals surface area contributed by atoms with E-state index in [2.05, 4.69) is 40.7 Å². The molecule has 0 unspecified atom stereocenters. The predicted octanol–water partition coefficient (Wildman–Crippen LogP) is 2.22. The average Bonchev–Trinajstić information content (AvgIpc) is 2.90. The topological polar surface area (TPSA) is 39.1 Å². The van der Waals surface area contributed by atoms with Crippen molar-refractivity contribution >= 4 is 11.3 Å². The normalized spacial score (nSPS) is 20.0. The number of piperidine rings is 1. The number of thiophene rings is 1. The molecule has 0 atom stereocenters. The molecule has 3 nitrogen and oxygen atoms in total. The van der Waals surface area contributed by atoms with Crippen LogP contribution < -0.4 is 5.32 Å². The molecule has 1 fully saturated rings. The Kier molecular flexibility index (Phi) is 4.16. The number of likely N-dealkylation sites (tertiary alicyclic amines) is 1. The molecular formula is C13H19N3S. The minimum absolute atomic E-state index is 0.310. The van der Waals surface area contributed by atoms with Crippen LogP contribution in [0.1, 0.15) is 24.6 Å². The zero-order chi connectivity index (χ0) is 12.1. The van der Waals surface area contributed by atoms with Gasteiger partial charge in [-0.2, -0.15) is 5.26 Å². The van der Waals surface area contributed by atoms with E-state index in [9.17, 15) is 5.26 Å². The quantitative estimate of drug-likeness (QED) is 0.889. The van der Waals surface area contributed by atoms with Crippen molar-refractivity contribution in [2.24, 2.45) is 0 Å². The molecule has 92 valence electrons. The Hall–Kier alpha value is -0.890. The zero-order valence-corrected chi connectivity index (χ0v) is 11.1. The van der Waals surface area contributed by atoms with E-state index in [0.717, 1.165) is 39.0 Å². The minimum Gasteiger partial charge on any atom is -0.303 e. The van der Waals surface area contributed by atoms with Gasteiger partial charge in [-0.05, 0) is 30.8 Å². The van der Waals surface area contributed by atoms with Crippen LogP contribution in [-0.2, 0) is 6.54 Å². The first-order valence-electron chi connectivity index (χ1n) is 6.19. The van der Waals surface area contributed by atoms with Crippen LogP contribution in [0.5, 0.6) is 0 Å². The van der Waals surface area contributed by atoms with Crippen LogP contribution in [0.3, 0.4) is 0 Å². The second kappa shape index (κ2) is 5.63. The number of nitrogens with zero attached hydrogens (tertiary/aromatic N) is 2. The highest BCUT2D eigenvalue weighted by Gasteiger charge is 2.33. The van der Waals surface area contributed by atoms with Gasteiger partial charge in [0.05, 0.1) is 6.07 Å². The standard InChI is InChI=1S/C13H19N3S/c1-2-16-7-5-13(11-14,6-8-16)15-10-12-4-3-9-17-12/h3-4,9,15H,2,5-8,10H2,1H3. The van der Waals surface area contributed by atoms with Gasteiger partial charge in [0.2, 0.25) is 0 Å². The summed E-state index contributed by atoms with van der Waals surface area (Å²) >= 11 is 1.74. The van der Waals surface area contributed by atoms with Crippen molar-refractivity contribution in [3.8, 4) is 6.07 Å². The Labute approximate surface area is 107 Å². The summed E-state index contributed by atoms with van der Waals surface area (Å²) in [6.07, 6.45) is 1.87. The van der Waals surface area contributed by atoms with Crippen molar-refractivity contribution < 1.29 is 0 Å². The predicted molar refractivity (Wildman–Crippen MR) is 70.9 cm³/mol. The molecule has 1 N–H and O–H groups in total. The highest BCUT2D eigenvalue weighted by atomic mass is 32.1. The molecule has 0 amide bonds. The summed E-state index contributed by atoms with van der Waals surface area (Å²) in [7, 11) is 0. The van der Waals surface area contributed by atoms with Crippen molar-refractivity contribution in [3.05, 3.63) is 22.4 Å². The van der Waals surface area contributed by atoms with E-state index >= 15 is 0 Å². The molecule has 0 spiro atoms. The van der Waals surface area contributed by atoms with E-state index in [1.807, 2.05) is 0 Å². The molecule has 1 aliphatic heterocycles. The van der Waals surface area contributed by atoms with Crippen molar-refractivity contribution in [2.45, 2.75) is 31.8 Å². The van der Waals surface area contributed by atoms with Crippen LogP contribution in [-0.4, -0.2) is 30.1 Å². The number of nitrogens with one attached hydrogen (secondary N) is 1. The fourth-order valence-electron chi connectivity index (χ4n) is 2.25. The van der Waals surface area contributed by atoms with E-state index in [4.69, 9.17) is 0 Å². The molecule has 1 saturated heterocycles. The fourth-order valence-corrected chi connectivity index (χ4v) is 2.89. The molecule has 4 heteroatoms. The lowest BCUT2D eigenvalue weighted by Gasteiger charge is -2.37. The van der Waals surface area contributed by atoms with Gasteiger partial charge in [0.1, 0.15) is 5.54 Å². The number of rotatable bonds is 4. The SMILES string of the molecule is CCN1CCC(C#N)(NCc2cccs2)CC1. The maximum absolute atomic E-state index is 9.40. The molecule has 1 aliphatic rings. The Morgan fingerprint density at radius 2 is 2.29 bits per heavy atom. The lowest BCUT2D eigenvalue weighted by molar-refractivity contribution is 0.172. The Morgan fingerprint density at radius 3 is 2.82 bits per heavy atom. The smallest absolute Gasteiger partial charge is 0.109 e. The molecule has 0 saturated carbocycles. The van der Waals surface area contributed by atoms with Gasteiger partial charge < -0.3 is 4.90 Å². The van der Waals surface area contributed by atoms with E-state index in [0.29, 0.717) is 0 Å². The third-order valence-electron chi connectivity index (χ3n) is 3.55. The summed E-state index contributed by atoms with van der Waals surface area (Å²) in [6.45, 7) is 6.14. The first kappa shape index (κ1) is 12.6. The van der Waals surface area contributed by atoms with Crippen molar-refractivity contribution in [1.82, 2.24) is 10.2 Å². The summed E-state index contributed by atoms with van der Waals surface area (Å²) in [6, 6.07) is 6.66. The van der Waals surface area contributed by atoms with Gasteiger partial charge in [-0.1, -0.05) is 13.0 Å². The molecule has 1 aromatic heterocycles. The van der Waals surface area contributed by atoms with Crippen LogP contribution in [0, 0.1) is 11.3 Å². The lowest BCUT2D eigenvalue weighted by atomic mass is 9.89. The third kappa shape index (κ3) is 3.06. The van der Waals surface area contributed by atoms with Crippen molar-refractivity contribution in [3.63, 3.8) is 0 Å². The maximum Gasteiger partial charge on any atom is 0.109 e. The van der Waals surface area contributed by atoms with E-state index in [-0.39, 0.29) is 5.54 Å². The van der Waals surface area contributed by atoms with Crippen LogP contribution in [0.2, 0.25) is 0 Å². The first-order chi connectivity index (χ1) is 8.28. The summed E-state index contributed by atoms with van der Waals surface area (Å²) in [4.78, 5) is 3.71. The fraction of sp³-hybridized carbons (Fsp3) is 0.615. The third-order valence-corrected chi connectivity index (χ3v) is 4.43. The Balaban J connectivity index is 1.90. The highest BCUT2D eigenvalue weighted by molar-refractivity contribution is 7.09. The van der Waals surface area contributed by atoms with Gasteiger partial charge in [0.15, 0.2) is 0 Å². The monoisotopic (exact) mass is 249 g/mol. The minimum atomic E-state index is -0.310. The molecule has 0 radical (unpaired) electrons. The van der Waals surface area contributed by atoms with Gasteiger partial charge in [0.25, 0.3) is 0 Å². The Bertz CT molecular complexity index is 372. The van der Waals surface area contributed by atoms with E-state index in [1.54, 1.807) is 11.3 Å². The second-order valence-corrected chi connectivity index (χ2v) is 5.59. The average molecular weight is 249 g/mol. The molecule has 0 aromatic carbocycles. The molecule has 17 heavy (non-hydrogen) atoms. The summed E-state index contributed by atoms with van der Waals surface area (Å²) in [5, 5.41) is 14.9. The Morgan fingerprint density at radius 1 is 1.53 bits per heavy atom. The molecule has 2 rings (SSSR count). The van der Waals surface area contributed by atoms with Gasteiger partial charge >= 0.3 is 0 Å². The number of hydrogen-bond acceptors (Lipinski definition) is 4. The van der Waals surface area contributed by atoms with Crippen LogP contribution in [0.15, 0.2) is 17.5 Å². The second-order valence-electron chi connectivity index (χ2n) is 4.56. The van der Waals surface area contributed by atoms with E-state index < -0.39 is 0 Å². The van der Waals surface area contributed by atoms with E-state index in [1.165, 1.54) is 4.88 Å². The van der Waals surface area contributed by atoms with Gasteiger partial charge in [-0.3, -0.25) is 5.32 Å². The molecule has 0 aliphatic carbocycles. The summed E-state index contributed by atoms with van der Waals surface area (Å²) < 4.78 is 0. The van der Waals surface area contributed by atoms with Gasteiger partial charge in [0, 0.05) is 24.5 Å². The van der Waals surface area contributed by atoms with Crippen molar-refractivity contribution in [1.29, 1.82) is 5.26 Å². The summed E-state index contributed by atoms with van der Waals surface area (Å²) in [5.74, 6) is 0. The van der Waals surface area contributed by atoms with Crippen LogP contribution in [0.25, 0.3) is 0 Å². The maximum atomic E-state index is 9.40. The highest BCUT2D eigenvalue weighted by Crippen LogP contribution is 2.22. The molecule has 0 bridgehead atoms. The van der Waals surface area contributed by atoms with Gasteiger partial charge in [-0.15, -0.1) is 11.3 Å². The van der Waals surface area contributed by atoms with Gasteiger partial charge in [-0.25, -0.2) is 0 Å². The van der Waals surface area contributed by atoms with Crippen LogP contribution >= 0.6 is 11.3 Å². The van der Waals surface area contributed by atoms with Crippen LogP contribution in [0.4, 0.5) is 0 Å². The molecule has 2 heterocycles. The molecular weight excluding hydrogens is 230 g/mol. The van der Waals surface area contributed by atoms with Crippen molar-refractivity contribution in [2.75, 3.05) is 19.6 Å². The number of hydrogen-bond donors (Lipinski definition) is 1. The zero-order valence-electron chi connectivity index (χ0n) is 10.3. The number of nitriles is 1. The summed E-state index contributed by atoms with van der Waals surface area (Å²) in [5.41, 5.74) is -0.310. The lowest BCUT2D eigenvalue weighted by Crippen LogP contribution is -2.52. The first-order valence-corrected chi connectivity index (χ1v) is 7.07. The largest absolute Gasteiger partial charge is 0.303 e.